The van der Waals surface area contributed by atoms with Gasteiger partial charge in [0.25, 0.3) is 0 Å². The molecule has 530 valence electrons. The first-order valence-corrected chi connectivity index (χ1v) is 33.2. The van der Waals surface area contributed by atoms with Crippen LogP contribution in [0.1, 0.15) is 165 Å². The number of aliphatic hydroxyl groups is 1. The van der Waals surface area contributed by atoms with Gasteiger partial charge in [-0.1, -0.05) is 121 Å². The second-order valence-electron chi connectivity index (χ2n) is 28.0. The molecule has 25 nitrogen and oxygen atoms in total. The number of allylic oxidation sites excluding steroid dienone is 1. The van der Waals surface area contributed by atoms with Crippen molar-refractivity contribution in [3.63, 3.8) is 0 Å². The number of hydrogen-bond donors (Lipinski definition) is 5. The number of nitrogens with zero attached hydrogens (tertiary/aromatic N) is 7. The Morgan fingerprint density at radius 1 is 0.532 bits per heavy atom. The van der Waals surface area contributed by atoms with Gasteiger partial charge in [0.05, 0.1) is 25.3 Å². The molecule has 12 atom stereocenters. The van der Waals surface area contributed by atoms with Crippen molar-refractivity contribution in [1.29, 1.82) is 0 Å². The third-order valence-electron chi connectivity index (χ3n) is 17.5. The highest BCUT2D eigenvalue weighted by atomic mass is 16.5. The number of esters is 1. The average Bonchev–Trinajstić information content (AvgIpc) is 0.811. The molecule has 2 rings (SSSR count). The second kappa shape index (κ2) is 37.6. The first-order valence-electron chi connectivity index (χ1n) is 33.2. The zero-order valence-corrected chi connectivity index (χ0v) is 60.7. The Kier molecular flexibility index (Phi) is 33.1. The van der Waals surface area contributed by atoms with Crippen LogP contribution in [0.2, 0.25) is 0 Å². The lowest BCUT2D eigenvalue weighted by molar-refractivity contribution is -0.157. The number of rotatable bonds is 17. The summed E-state index contributed by atoms with van der Waals surface area (Å²) >= 11 is 0. The maximum Gasteiger partial charge on any atom is 0.337 e. The molecule has 1 fully saturated rings. The Morgan fingerprint density at radius 3 is 1.48 bits per heavy atom. The molecule has 25 heteroatoms. The standard InChI is InChI=1S/C69H115N11O14/c1-25-49-64(88)74(17)37-54(81)75(18)50(32-38(2)3)61(85)73-55(42(10)11)67(91)76(19)51(33-39(4)5)60(84)70-45(15)59(83)71-46(16)63(87)77(20)52(34-40(6)7)65(89)78(21)53(35-41(8)9)66(90)79(22)56(43(12)13)68(92)80(23)57(62(86)72-49)58(82)44(14)28-26-29-47-30-27-31-48(36-47)69(93)94-24/h26-27,29-31,36,38-46,49-53,55-58,82H,25,28,32-35,37H2,1-24H3,(H,70,84)(H,71,83)(H,72,86)(H,73,85)/b29-26+/t44?,45-,46+,49-,50-,51-,52-,53-,55-,56-,57?,58?/m0/s1. The lowest BCUT2D eigenvalue weighted by atomic mass is 9.91. The highest BCUT2D eigenvalue weighted by Crippen LogP contribution is 2.26. The number of nitrogens with one attached hydrogen (secondary N) is 4. The van der Waals surface area contributed by atoms with Crippen LogP contribution in [0, 0.1) is 41.4 Å². The lowest BCUT2D eigenvalue weighted by Gasteiger charge is -2.41. The van der Waals surface area contributed by atoms with Gasteiger partial charge in [-0.2, -0.15) is 0 Å². The number of methoxy groups -OCH3 is 1. The number of amides is 11. The molecule has 0 radical (unpaired) electrons. The molecule has 3 unspecified atom stereocenters. The third kappa shape index (κ3) is 22.9. The predicted octanol–water partition coefficient (Wildman–Crippen LogP) is 4.19. The molecule has 94 heavy (non-hydrogen) atoms. The molecule has 0 saturated carbocycles. The topological polar surface area (TPSA) is 305 Å². The predicted molar refractivity (Wildman–Crippen MR) is 360 cm³/mol. The van der Waals surface area contributed by atoms with E-state index < -0.39 is 162 Å². The molecule has 0 bridgehead atoms. The van der Waals surface area contributed by atoms with Crippen LogP contribution in [0.25, 0.3) is 6.08 Å². The molecule has 1 aliphatic rings. The van der Waals surface area contributed by atoms with Crippen LogP contribution in [-0.4, -0.2) is 240 Å². The Labute approximate surface area is 559 Å². The van der Waals surface area contributed by atoms with Crippen LogP contribution >= 0.6 is 0 Å². The number of hydrogen-bond acceptors (Lipinski definition) is 14. The van der Waals surface area contributed by atoms with Gasteiger partial charge in [0.1, 0.15) is 60.4 Å². The van der Waals surface area contributed by atoms with E-state index in [1.807, 2.05) is 55.4 Å². The van der Waals surface area contributed by atoms with Crippen molar-refractivity contribution in [2.24, 2.45) is 41.4 Å². The van der Waals surface area contributed by atoms with Crippen LogP contribution in [0.3, 0.4) is 0 Å². The molecule has 0 aliphatic carbocycles. The molecule has 1 aromatic carbocycles. The Hall–Kier alpha value is -7.44. The van der Waals surface area contributed by atoms with E-state index in [-0.39, 0.29) is 62.2 Å². The molecule has 1 aliphatic heterocycles. The second-order valence-corrected chi connectivity index (χ2v) is 28.0. The summed E-state index contributed by atoms with van der Waals surface area (Å²) in [6.45, 7) is 27.3. The molecular weight excluding hydrogens is 1210 g/mol. The van der Waals surface area contributed by atoms with E-state index in [4.69, 9.17) is 4.74 Å². The van der Waals surface area contributed by atoms with Crippen LogP contribution < -0.4 is 21.3 Å². The molecule has 0 aromatic heterocycles. The van der Waals surface area contributed by atoms with E-state index in [1.165, 1.54) is 94.8 Å². The highest BCUT2D eigenvalue weighted by Gasteiger charge is 2.46. The van der Waals surface area contributed by atoms with E-state index in [2.05, 4.69) is 21.3 Å². The van der Waals surface area contributed by atoms with E-state index in [9.17, 15) is 43.5 Å². The summed E-state index contributed by atoms with van der Waals surface area (Å²) < 4.78 is 4.88. The molecule has 1 heterocycles. The fraction of sp³-hybridized carbons (Fsp3) is 0.710. The summed E-state index contributed by atoms with van der Waals surface area (Å²) in [5, 5.41) is 23.4. The van der Waals surface area contributed by atoms with Gasteiger partial charge >= 0.3 is 5.97 Å². The van der Waals surface area contributed by atoms with Crippen molar-refractivity contribution in [1.82, 2.24) is 55.6 Å². The van der Waals surface area contributed by atoms with Crippen molar-refractivity contribution in [2.75, 3.05) is 63.0 Å². The summed E-state index contributed by atoms with van der Waals surface area (Å²) in [6.07, 6.45) is 2.46. The van der Waals surface area contributed by atoms with E-state index >= 15 is 19.2 Å². The lowest BCUT2D eigenvalue weighted by Crippen LogP contribution is -2.63. The average molecular weight is 1320 g/mol. The van der Waals surface area contributed by atoms with Crippen molar-refractivity contribution < 1.29 is 67.4 Å². The summed E-state index contributed by atoms with van der Waals surface area (Å²) in [6, 6.07) is -6.09. The van der Waals surface area contributed by atoms with Gasteiger partial charge in [0, 0.05) is 49.3 Å². The number of aliphatic hydroxyl groups excluding tert-OH is 1. The van der Waals surface area contributed by atoms with Crippen molar-refractivity contribution in [3.05, 3.63) is 41.5 Å². The van der Waals surface area contributed by atoms with Crippen molar-refractivity contribution >= 4 is 77.0 Å². The number of benzene rings is 1. The summed E-state index contributed by atoms with van der Waals surface area (Å²) in [4.78, 5) is 182. The summed E-state index contributed by atoms with van der Waals surface area (Å²) in [5.41, 5.74) is 0.944. The van der Waals surface area contributed by atoms with Gasteiger partial charge in [0.15, 0.2) is 0 Å². The van der Waals surface area contributed by atoms with E-state index in [0.29, 0.717) is 11.1 Å². The van der Waals surface area contributed by atoms with Crippen LogP contribution in [0.5, 0.6) is 0 Å². The first kappa shape index (κ1) is 82.7. The minimum Gasteiger partial charge on any atom is -0.465 e. The number of likely N-dealkylation sites (N-methyl/N-ethyl adjacent to an activating group) is 7. The molecule has 5 N–H and O–H groups in total. The van der Waals surface area contributed by atoms with Gasteiger partial charge in [0.2, 0.25) is 65.0 Å². The van der Waals surface area contributed by atoms with Gasteiger partial charge < -0.3 is 65.4 Å². The molecule has 11 amide bonds. The molecular formula is C69H115N11O14. The maximum atomic E-state index is 15.4. The zero-order chi connectivity index (χ0) is 72.2. The number of carbonyl (C=O) groups is 12. The first-order chi connectivity index (χ1) is 43.6. The van der Waals surface area contributed by atoms with E-state index in [0.717, 1.165) is 9.80 Å². The highest BCUT2D eigenvalue weighted by molar-refractivity contribution is 6.00. The monoisotopic (exact) mass is 1320 g/mol. The number of ether oxygens (including phenoxy) is 1. The molecule has 1 saturated heterocycles. The number of carbonyl (C=O) groups excluding carboxylic acids is 12. The van der Waals surface area contributed by atoms with Crippen molar-refractivity contribution in [2.45, 2.75) is 216 Å². The normalized spacial score (nSPS) is 25.4. The van der Waals surface area contributed by atoms with Crippen LogP contribution in [-0.2, 0) is 57.5 Å². The van der Waals surface area contributed by atoms with Crippen LogP contribution in [0.4, 0.5) is 0 Å². The largest absolute Gasteiger partial charge is 0.465 e. The van der Waals surface area contributed by atoms with Crippen molar-refractivity contribution in [3.8, 4) is 0 Å². The van der Waals surface area contributed by atoms with Crippen LogP contribution in [0.15, 0.2) is 30.3 Å². The van der Waals surface area contributed by atoms with Gasteiger partial charge in [-0.05, 0) is 111 Å². The van der Waals surface area contributed by atoms with E-state index in [1.54, 1.807) is 78.0 Å². The minimum absolute atomic E-state index is 0.0240. The third-order valence-corrected chi connectivity index (χ3v) is 17.5. The molecule has 1 aromatic rings. The zero-order valence-electron chi connectivity index (χ0n) is 60.7. The van der Waals surface area contributed by atoms with Gasteiger partial charge in [-0.3, -0.25) is 52.7 Å². The minimum atomic E-state index is -1.72. The fourth-order valence-electron chi connectivity index (χ4n) is 11.6. The Morgan fingerprint density at radius 2 is 0.989 bits per heavy atom. The summed E-state index contributed by atoms with van der Waals surface area (Å²) in [7, 11) is 11.1. The summed E-state index contributed by atoms with van der Waals surface area (Å²) in [5.74, 6) is -10.9. The SMILES string of the molecule is CC[C@@H]1NC(=O)C(C(O)C(C)C/C=C/c2cccc(C(=O)OC)c2)N(C)C(=O)[C@H](C(C)C)N(C)C(=O)[C@H](CC(C)C)N(C)C(=O)[C@H](CC(C)C)N(C)C(=O)[C@@H](C)NC(=O)[C@H](C)NC(=O)[C@H](CC(C)C)N(C)C(=O)[C@H](C(C)C)NC(=O)[C@H](CC(C)C)N(C)C(=O)CN(C)C1=O. The van der Waals surface area contributed by atoms with Gasteiger partial charge in [-0.25, -0.2) is 4.79 Å². The Bertz CT molecular complexity index is 2820. The maximum absolute atomic E-state index is 15.4. The smallest absolute Gasteiger partial charge is 0.337 e. The Balaban J connectivity index is 3.01. The molecule has 0 spiro atoms. The quantitative estimate of drug-likeness (QED) is 0.137. The fourth-order valence-corrected chi connectivity index (χ4v) is 11.6. The van der Waals surface area contributed by atoms with Gasteiger partial charge in [-0.15, -0.1) is 0 Å².